The SMILES string of the molecule is CCNC(=O)c1ccc([N+](=O)[O-])c(NCC(C)(C)CC)c1. The van der Waals surface area contributed by atoms with Crippen LogP contribution in [0.1, 0.15) is 44.5 Å². The highest BCUT2D eigenvalue weighted by molar-refractivity contribution is 5.95. The van der Waals surface area contributed by atoms with Gasteiger partial charge in [-0.2, -0.15) is 0 Å². The molecular formula is C15H23N3O3. The lowest BCUT2D eigenvalue weighted by atomic mass is 9.90. The molecule has 0 saturated heterocycles. The first kappa shape index (κ1) is 16.9. The zero-order valence-corrected chi connectivity index (χ0v) is 13.0. The van der Waals surface area contributed by atoms with E-state index < -0.39 is 4.92 Å². The first-order valence-corrected chi connectivity index (χ1v) is 7.11. The van der Waals surface area contributed by atoms with E-state index in [4.69, 9.17) is 0 Å². The van der Waals surface area contributed by atoms with Gasteiger partial charge in [-0.15, -0.1) is 0 Å². The van der Waals surface area contributed by atoms with Crippen molar-refractivity contribution in [2.75, 3.05) is 18.4 Å². The Bertz CT molecular complexity index is 527. The van der Waals surface area contributed by atoms with E-state index in [-0.39, 0.29) is 17.0 Å². The third-order valence-corrected chi connectivity index (χ3v) is 3.51. The minimum absolute atomic E-state index is 0.0186. The van der Waals surface area contributed by atoms with E-state index in [1.54, 1.807) is 0 Å². The number of carbonyl (C=O) groups excluding carboxylic acids is 1. The number of nitrogens with one attached hydrogen (secondary N) is 2. The molecule has 6 nitrogen and oxygen atoms in total. The summed E-state index contributed by atoms with van der Waals surface area (Å²) in [6, 6.07) is 4.37. The van der Waals surface area contributed by atoms with Crippen molar-refractivity contribution < 1.29 is 9.72 Å². The van der Waals surface area contributed by atoms with E-state index in [9.17, 15) is 14.9 Å². The second kappa shape index (κ2) is 7.06. The normalized spacial score (nSPS) is 11.0. The van der Waals surface area contributed by atoms with Crippen LogP contribution < -0.4 is 10.6 Å². The Balaban J connectivity index is 3.04. The molecule has 1 amide bonds. The van der Waals surface area contributed by atoms with Gasteiger partial charge in [-0.05, 0) is 30.9 Å². The van der Waals surface area contributed by atoms with E-state index >= 15 is 0 Å². The molecule has 0 aliphatic heterocycles. The van der Waals surface area contributed by atoms with Crippen LogP contribution in [0.4, 0.5) is 11.4 Å². The van der Waals surface area contributed by atoms with Crippen LogP contribution in [0, 0.1) is 15.5 Å². The summed E-state index contributed by atoms with van der Waals surface area (Å²) in [4.78, 5) is 22.5. The molecule has 0 bridgehead atoms. The molecular weight excluding hydrogens is 270 g/mol. The molecule has 116 valence electrons. The van der Waals surface area contributed by atoms with Gasteiger partial charge in [-0.1, -0.05) is 20.8 Å². The summed E-state index contributed by atoms with van der Waals surface area (Å²) in [6.45, 7) is 9.18. The van der Waals surface area contributed by atoms with E-state index in [1.807, 2.05) is 6.92 Å². The van der Waals surface area contributed by atoms with Crippen LogP contribution in [0.25, 0.3) is 0 Å². The Morgan fingerprint density at radius 2 is 2.00 bits per heavy atom. The zero-order chi connectivity index (χ0) is 16.0. The average Bonchev–Trinajstić information content (AvgIpc) is 2.45. The summed E-state index contributed by atoms with van der Waals surface area (Å²) in [6.07, 6.45) is 0.948. The summed E-state index contributed by atoms with van der Waals surface area (Å²) in [7, 11) is 0. The number of rotatable bonds is 7. The maximum atomic E-state index is 11.8. The van der Waals surface area contributed by atoms with Crippen LogP contribution in [0.2, 0.25) is 0 Å². The first-order chi connectivity index (χ1) is 9.80. The van der Waals surface area contributed by atoms with Crippen LogP contribution in [0.5, 0.6) is 0 Å². The summed E-state index contributed by atoms with van der Waals surface area (Å²) >= 11 is 0. The Morgan fingerprint density at radius 1 is 1.33 bits per heavy atom. The highest BCUT2D eigenvalue weighted by Crippen LogP contribution is 2.28. The van der Waals surface area contributed by atoms with E-state index in [1.165, 1.54) is 18.2 Å². The molecule has 6 heteroatoms. The van der Waals surface area contributed by atoms with Crippen molar-refractivity contribution in [1.29, 1.82) is 0 Å². The van der Waals surface area contributed by atoms with Gasteiger partial charge in [-0.25, -0.2) is 0 Å². The predicted octanol–water partition coefficient (Wildman–Crippen LogP) is 3.19. The van der Waals surface area contributed by atoms with Gasteiger partial charge in [0.25, 0.3) is 11.6 Å². The second-order valence-corrected chi connectivity index (χ2v) is 5.72. The van der Waals surface area contributed by atoms with Crippen LogP contribution in [0.3, 0.4) is 0 Å². The third kappa shape index (κ3) is 4.73. The molecule has 0 fully saturated rings. The molecule has 0 radical (unpaired) electrons. The van der Waals surface area contributed by atoms with Gasteiger partial charge in [0.05, 0.1) is 4.92 Å². The molecule has 21 heavy (non-hydrogen) atoms. The smallest absolute Gasteiger partial charge is 0.292 e. The minimum Gasteiger partial charge on any atom is -0.379 e. The second-order valence-electron chi connectivity index (χ2n) is 5.72. The topological polar surface area (TPSA) is 84.3 Å². The molecule has 0 aromatic heterocycles. The number of amides is 1. The van der Waals surface area contributed by atoms with Gasteiger partial charge >= 0.3 is 0 Å². The number of nitro benzene ring substituents is 1. The Hall–Kier alpha value is -2.11. The highest BCUT2D eigenvalue weighted by Gasteiger charge is 2.20. The summed E-state index contributed by atoms with van der Waals surface area (Å²) in [5.41, 5.74) is 0.801. The van der Waals surface area contributed by atoms with Gasteiger partial charge in [0.1, 0.15) is 5.69 Å². The lowest BCUT2D eigenvalue weighted by Crippen LogP contribution is -2.24. The number of nitrogens with zero attached hydrogens (tertiary/aromatic N) is 1. The molecule has 0 saturated carbocycles. The first-order valence-electron chi connectivity index (χ1n) is 7.11. The summed E-state index contributed by atoms with van der Waals surface area (Å²) in [5.74, 6) is -0.231. The molecule has 1 aromatic carbocycles. The quantitative estimate of drug-likeness (QED) is 0.597. The van der Waals surface area contributed by atoms with Gasteiger partial charge in [0, 0.05) is 24.7 Å². The lowest BCUT2D eigenvalue weighted by molar-refractivity contribution is -0.384. The van der Waals surface area contributed by atoms with Crippen molar-refractivity contribution in [3.63, 3.8) is 0 Å². The fourth-order valence-corrected chi connectivity index (χ4v) is 1.70. The Kier molecular flexibility index (Phi) is 5.69. The van der Waals surface area contributed by atoms with Crippen molar-refractivity contribution in [2.24, 2.45) is 5.41 Å². The monoisotopic (exact) mass is 293 g/mol. The standard InChI is InChI=1S/C15H23N3O3/c1-5-15(3,4)10-17-12-9-11(14(19)16-6-2)7-8-13(12)18(20)21/h7-9,17H,5-6,10H2,1-4H3,(H,16,19). The van der Waals surface area contributed by atoms with E-state index in [0.717, 1.165) is 6.42 Å². The zero-order valence-electron chi connectivity index (χ0n) is 13.0. The van der Waals surface area contributed by atoms with Crippen molar-refractivity contribution in [2.45, 2.75) is 34.1 Å². The van der Waals surface area contributed by atoms with Gasteiger partial charge < -0.3 is 10.6 Å². The Morgan fingerprint density at radius 3 is 2.52 bits per heavy atom. The highest BCUT2D eigenvalue weighted by atomic mass is 16.6. The number of nitro groups is 1. The predicted molar refractivity (Wildman–Crippen MR) is 83.7 cm³/mol. The lowest BCUT2D eigenvalue weighted by Gasteiger charge is -2.23. The molecule has 1 rings (SSSR count). The maximum absolute atomic E-state index is 11.8. The molecule has 2 N–H and O–H groups in total. The molecule has 0 spiro atoms. The van der Waals surface area contributed by atoms with Gasteiger partial charge in [-0.3, -0.25) is 14.9 Å². The molecule has 1 aromatic rings. The average molecular weight is 293 g/mol. The van der Waals surface area contributed by atoms with Crippen LogP contribution >= 0.6 is 0 Å². The van der Waals surface area contributed by atoms with Crippen LogP contribution in [0.15, 0.2) is 18.2 Å². The molecule has 0 heterocycles. The minimum atomic E-state index is -0.442. The van der Waals surface area contributed by atoms with Crippen LogP contribution in [-0.2, 0) is 0 Å². The Labute approximate surface area is 125 Å². The van der Waals surface area contributed by atoms with Crippen LogP contribution in [-0.4, -0.2) is 23.9 Å². The summed E-state index contributed by atoms with van der Waals surface area (Å²) < 4.78 is 0. The van der Waals surface area contributed by atoms with E-state index in [2.05, 4.69) is 31.4 Å². The third-order valence-electron chi connectivity index (χ3n) is 3.51. The van der Waals surface area contributed by atoms with Crippen molar-refractivity contribution in [3.05, 3.63) is 33.9 Å². The summed E-state index contributed by atoms with van der Waals surface area (Å²) in [5, 5.41) is 16.9. The number of hydrogen-bond acceptors (Lipinski definition) is 4. The molecule has 0 aliphatic rings. The number of benzene rings is 1. The number of hydrogen-bond donors (Lipinski definition) is 2. The van der Waals surface area contributed by atoms with Crippen molar-refractivity contribution >= 4 is 17.3 Å². The van der Waals surface area contributed by atoms with Crippen molar-refractivity contribution in [3.8, 4) is 0 Å². The molecule has 0 aliphatic carbocycles. The fourth-order valence-electron chi connectivity index (χ4n) is 1.70. The fraction of sp³-hybridized carbons (Fsp3) is 0.533. The number of anilines is 1. The van der Waals surface area contributed by atoms with Gasteiger partial charge in [0.2, 0.25) is 0 Å². The van der Waals surface area contributed by atoms with Gasteiger partial charge in [0.15, 0.2) is 0 Å². The molecule has 0 unspecified atom stereocenters. The molecule has 0 atom stereocenters. The maximum Gasteiger partial charge on any atom is 0.292 e. The van der Waals surface area contributed by atoms with Crippen molar-refractivity contribution in [1.82, 2.24) is 5.32 Å². The number of carbonyl (C=O) groups is 1. The largest absolute Gasteiger partial charge is 0.379 e. The van der Waals surface area contributed by atoms with E-state index in [0.29, 0.717) is 24.3 Å².